The predicted octanol–water partition coefficient (Wildman–Crippen LogP) is 5.83. The molecule has 3 nitrogen and oxygen atoms in total. The zero-order valence-corrected chi connectivity index (χ0v) is 15.3. The van der Waals surface area contributed by atoms with E-state index in [9.17, 15) is 4.79 Å². The number of furan rings is 1. The summed E-state index contributed by atoms with van der Waals surface area (Å²) in [7, 11) is 0. The Bertz CT molecular complexity index is 874. The molecule has 0 unspecified atom stereocenters. The highest BCUT2D eigenvalue weighted by atomic mass is 79.9. The van der Waals surface area contributed by atoms with Crippen LogP contribution in [0.1, 0.15) is 27.4 Å². The summed E-state index contributed by atoms with van der Waals surface area (Å²) in [6.07, 6.45) is 3.19. The molecule has 0 amide bonds. The molecular weight excluding hydrogens is 380 g/mol. The minimum absolute atomic E-state index is 0.0518. The van der Waals surface area contributed by atoms with Crippen molar-refractivity contribution in [2.45, 2.75) is 13.5 Å². The molecule has 0 aliphatic carbocycles. The smallest absolute Gasteiger partial charge is 0.185 e. The van der Waals surface area contributed by atoms with E-state index in [1.54, 1.807) is 6.08 Å². The van der Waals surface area contributed by atoms with E-state index < -0.39 is 0 Å². The number of hydrogen-bond acceptors (Lipinski definition) is 3. The lowest BCUT2D eigenvalue weighted by Crippen LogP contribution is -1.93. The minimum Gasteiger partial charge on any atom is -0.486 e. The second-order valence-corrected chi connectivity index (χ2v) is 6.53. The predicted molar refractivity (Wildman–Crippen MR) is 102 cm³/mol. The molecule has 0 saturated carbocycles. The van der Waals surface area contributed by atoms with Crippen LogP contribution in [0, 0.1) is 6.92 Å². The van der Waals surface area contributed by atoms with Crippen LogP contribution in [0.5, 0.6) is 5.75 Å². The molecule has 3 aromatic rings. The van der Waals surface area contributed by atoms with Gasteiger partial charge in [-0.2, -0.15) is 0 Å². The first-order chi connectivity index (χ1) is 12.1. The van der Waals surface area contributed by atoms with Crippen LogP contribution in [0.2, 0.25) is 0 Å². The number of ketones is 1. The fourth-order valence-corrected chi connectivity index (χ4v) is 2.48. The van der Waals surface area contributed by atoms with Crippen molar-refractivity contribution in [2.75, 3.05) is 0 Å². The minimum atomic E-state index is -0.0518. The largest absolute Gasteiger partial charge is 0.486 e. The van der Waals surface area contributed by atoms with Gasteiger partial charge in [0.25, 0.3) is 0 Å². The Morgan fingerprint density at radius 1 is 1.04 bits per heavy atom. The molecule has 1 heterocycles. The van der Waals surface area contributed by atoms with E-state index in [4.69, 9.17) is 9.15 Å². The van der Waals surface area contributed by atoms with Gasteiger partial charge in [0.05, 0.1) is 0 Å². The second kappa shape index (κ2) is 7.99. The van der Waals surface area contributed by atoms with Crippen LogP contribution in [0.25, 0.3) is 6.08 Å². The van der Waals surface area contributed by atoms with E-state index in [-0.39, 0.29) is 5.78 Å². The first kappa shape index (κ1) is 17.2. The summed E-state index contributed by atoms with van der Waals surface area (Å²) in [5.74, 6) is 2.04. The summed E-state index contributed by atoms with van der Waals surface area (Å²) in [5.41, 5.74) is 1.79. The highest BCUT2D eigenvalue weighted by Crippen LogP contribution is 2.18. The molecule has 0 aliphatic rings. The molecule has 2 aromatic carbocycles. The van der Waals surface area contributed by atoms with Gasteiger partial charge >= 0.3 is 0 Å². The molecule has 0 N–H and O–H groups in total. The van der Waals surface area contributed by atoms with Crippen LogP contribution in [-0.2, 0) is 6.61 Å². The lowest BCUT2D eigenvalue weighted by Gasteiger charge is -2.03. The SMILES string of the molecule is Cc1ccc(C(=O)/C=C/c2ccc(COc3ccc(Br)cc3)o2)cc1. The third kappa shape index (κ3) is 4.94. The lowest BCUT2D eigenvalue weighted by molar-refractivity contribution is 0.104. The average molecular weight is 397 g/mol. The molecule has 3 rings (SSSR count). The van der Waals surface area contributed by atoms with Gasteiger partial charge in [0.2, 0.25) is 0 Å². The molecule has 0 saturated heterocycles. The van der Waals surface area contributed by atoms with Crippen molar-refractivity contribution in [3.05, 3.63) is 93.9 Å². The summed E-state index contributed by atoms with van der Waals surface area (Å²) in [4.78, 5) is 12.1. The maximum absolute atomic E-state index is 12.1. The molecule has 0 atom stereocenters. The number of carbonyl (C=O) groups is 1. The molecule has 0 radical (unpaired) electrons. The van der Waals surface area contributed by atoms with Gasteiger partial charge in [0, 0.05) is 10.0 Å². The highest BCUT2D eigenvalue weighted by Gasteiger charge is 2.04. The van der Waals surface area contributed by atoms with Crippen LogP contribution >= 0.6 is 15.9 Å². The topological polar surface area (TPSA) is 39.4 Å². The third-order valence-electron chi connectivity index (χ3n) is 3.61. The summed E-state index contributed by atoms with van der Waals surface area (Å²) < 4.78 is 12.3. The standard InChI is InChI=1S/C21H17BrO3/c1-15-2-4-16(5-3-15)21(23)13-12-19-10-11-20(25-19)14-24-18-8-6-17(22)7-9-18/h2-13H,14H2,1H3/b13-12+. The number of benzene rings is 2. The summed E-state index contributed by atoms with van der Waals surface area (Å²) in [5, 5.41) is 0. The van der Waals surface area contributed by atoms with Gasteiger partial charge in [-0.15, -0.1) is 0 Å². The monoisotopic (exact) mass is 396 g/mol. The van der Waals surface area contributed by atoms with Crippen molar-refractivity contribution < 1.29 is 13.9 Å². The molecular formula is C21H17BrO3. The first-order valence-electron chi connectivity index (χ1n) is 7.86. The van der Waals surface area contributed by atoms with E-state index in [1.165, 1.54) is 6.08 Å². The Kier molecular flexibility index (Phi) is 5.51. The first-order valence-corrected chi connectivity index (χ1v) is 8.65. The Labute approximate surface area is 155 Å². The number of hydrogen-bond donors (Lipinski definition) is 0. The van der Waals surface area contributed by atoms with Gasteiger partial charge in [-0.05, 0) is 55.5 Å². The van der Waals surface area contributed by atoms with Crippen molar-refractivity contribution in [3.8, 4) is 5.75 Å². The molecule has 25 heavy (non-hydrogen) atoms. The van der Waals surface area contributed by atoms with Crippen molar-refractivity contribution >= 4 is 27.8 Å². The molecule has 4 heteroatoms. The van der Waals surface area contributed by atoms with Crippen molar-refractivity contribution in [3.63, 3.8) is 0 Å². The average Bonchev–Trinajstić information content (AvgIpc) is 3.08. The Balaban J connectivity index is 1.58. The maximum atomic E-state index is 12.1. The van der Waals surface area contributed by atoms with Gasteiger partial charge in [-0.3, -0.25) is 4.79 Å². The molecule has 0 spiro atoms. The van der Waals surface area contributed by atoms with E-state index >= 15 is 0 Å². The third-order valence-corrected chi connectivity index (χ3v) is 4.14. The zero-order chi connectivity index (χ0) is 17.6. The molecule has 126 valence electrons. The van der Waals surface area contributed by atoms with Gasteiger partial charge in [-0.25, -0.2) is 0 Å². The number of rotatable bonds is 6. The van der Waals surface area contributed by atoms with E-state index in [0.29, 0.717) is 23.7 Å². The summed E-state index contributed by atoms with van der Waals surface area (Å²) in [6, 6.07) is 18.8. The van der Waals surface area contributed by atoms with Crippen molar-refractivity contribution in [1.82, 2.24) is 0 Å². The number of allylic oxidation sites excluding steroid dienone is 1. The number of aryl methyl sites for hydroxylation is 1. The van der Waals surface area contributed by atoms with E-state index in [2.05, 4.69) is 15.9 Å². The number of ether oxygens (including phenoxy) is 1. The van der Waals surface area contributed by atoms with Crippen LogP contribution in [0.3, 0.4) is 0 Å². The fraction of sp³-hybridized carbons (Fsp3) is 0.0952. The van der Waals surface area contributed by atoms with E-state index in [0.717, 1.165) is 15.8 Å². The highest BCUT2D eigenvalue weighted by molar-refractivity contribution is 9.10. The zero-order valence-electron chi connectivity index (χ0n) is 13.7. The van der Waals surface area contributed by atoms with Gasteiger partial charge in [0.1, 0.15) is 23.9 Å². The number of halogens is 1. The van der Waals surface area contributed by atoms with Gasteiger partial charge < -0.3 is 9.15 Å². The summed E-state index contributed by atoms with van der Waals surface area (Å²) >= 11 is 3.38. The van der Waals surface area contributed by atoms with E-state index in [1.807, 2.05) is 67.6 Å². The Morgan fingerprint density at radius 3 is 2.48 bits per heavy atom. The second-order valence-electron chi connectivity index (χ2n) is 5.61. The van der Waals surface area contributed by atoms with Gasteiger partial charge in [-0.1, -0.05) is 45.8 Å². The van der Waals surface area contributed by atoms with Crippen molar-refractivity contribution in [2.24, 2.45) is 0 Å². The molecule has 0 fully saturated rings. The molecule has 0 bridgehead atoms. The Hall–Kier alpha value is -2.59. The summed E-state index contributed by atoms with van der Waals surface area (Å²) in [6.45, 7) is 2.33. The van der Waals surface area contributed by atoms with Gasteiger partial charge in [0.15, 0.2) is 5.78 Å². The maximum Gasteiger partial charge on any atom is 0.185 e. The van der Waals surface area contributed by atoms with Crippen LogP contribution < -0.4 is 4.74 Å². The lowest BCUT2D eigenvalue weighted by atomic mass is 10.1. The Morgan fingerprint density at radius 2 is 1.76 bits per heavy atom. The van der Waals surface area contributed by atoms with Crippen LogP contribution in [0.4, 0.5) is 0 Å². The van der Waals surface area contributed by atoms with Crippen LogP contribution in [-0.4, -0.2) is 5.78 Å². The normalized spacial score (nSPS) is 11.0. The molecule has 0 aliphatic heterocycles. The molecule has 1 aromatic heterocycles. The van der Waals surface area contributed by atoms with Crippen molar-refractivity contribution in [1.29, 1.82) is 0 Å². The quantitative estimate of drug-likeness (QED) is 0.388. The van der Waals surface area contributed by atoms with Crippen LogP contribution in [0.15, 0.2) is 75.6 Å². The fourth-order valence-electron chi connectivity index (χ4n) is 2.22. The number of carbonyl (C=O) groups excluding carboxylic acids is 1.